The molecule has 2 heterocycles. The molecule has 1 aliphatic rings. The van der Waals surface area contributed by atoms with Gasteiger partial charge in [0.15, 0.2) is 0 Å². The zero-order chi connectivity index (χ0) is 21.7. The number of hydrogen-bond donors (Lipinski definition) is 0. The lowest BCUT2D eigenvalue weighted by Gasteiger charge is -2.35. The monoisotopic (exact) mass is 411 g/mol. The largest absolute Gasteiger partial charge is 0.342 e. The van der Waals surface area contributed by atoms with E-state index in [0.717, 1.165) is 43.1 Å². The lowest BCUT2D eigenvalue weighted by molar-refractivity contribution is -0.132. The summed E-state index contributed by atoms with van der Waals surface area (Å²) in [4.78, 5) is 31.2. The maximum atomic E-state index is 13.0. The van der Waals surface area contributed by atoms with E-state index in [0.29, 0.717) is 31.7 Å². The second-order valence-corrected chi connectivity index (χ2v) is 7.92. The molecular weight excluding hydrogens is 378 g/mol. The molecule has 7 nitrogen and oxygen atoms in total. The van der Waals surface area contributed by atoms with Gasteiger partial charge in [-0.15, -0.1) is 0 Å². The Morgan fingerprint density at radius 2 is 1.73 bits per heavy atom. The summed E-state index contributed by atoms with van der Waals surface area (Å²) in [5.41, 5.74) is 3.88. The molecule has 0 saturated carbocycles. The van der Waals surface area contributed by atoms with Crippen molar-refractivity contribution in [2.75, 3.05) is 45.8 Å². The molecule has 0 spiro atoms. The Labute approximate surface area is 179 Å². The van der Waals surface area contributed by atoms with E-state index in [9.17, 15) is 9.59 Å². The SMILES string of the molecule is CCN(CC)C(=O)CN1CCN(C(=O)c2cccc(Cn3nc(C)cc3C)c2)CC1. The zero-order valence-corrected chi connectivity index (χ0v) is 18.6. The number of benzene rings is 1. The summed E-state index contributed by atoms with van der Waals surface area (Å²) in [5.74, 6) is 0.219. The maximum Gasteiger partial charge on any atom is 0.253 e. The normalized spacial score (nSPS) is 14.7. The first-order valence-corrected chi connectivity index (χ1v) is 10.8. The molecule has 0 radical (unpaired) electrons. The van der Waals surface area contributed by atoms with E-state index in [1.807, 2.05) is 66.4 Å². The topological polar surface area (TPSA) is 61.7 Å². The molecule has 0 unspecified atom stereocenters. The van der Waals surface area contributed by atoms with E-state index in [2.05, 4.69) is 16.1 Å². The van der Waals surface area contributed by atoms with Crippen LogP contribution in [0.25, 0.3) is 0 Å². The van der Waals surface area contributed by atoms with Crippen molar-refractivity contribution < 1.29 is 9.59 Å². The molecule has 7 heteroatoms. The molecule has 3 rings (SSSR count). The lowest BCUT2D eigenvalue weighted by atomic mass is 10.1. The smallest absolute Gasteiger partial charge is 0.253 e. The fraction of sp³-hybridized carbons (Fsp3) is 0.522. The van der Waals surface area contributed by atoms with Crippen LogP contribution in [0.1, 0.15) is 41.2 Å². The molecule has 2 amide bonds. The predicted molar refractivity (Wildman–Crippen MR) is 118 cm³/mol. The van der Waals surface area contributed by atoms with E-state index >= 15 is 0 Å². The molecule has 1 aromatic carbocycles. The standard InChI is InChI=1S/C23H33N5O2/c1-5-26(6-2)22(29)17-25-10-12-27(13-11-25)23(30)21-9-7-8-20(15-21)16-28-19(4)14-18(3)24-28/h7-9,14-15H,5-6,10-13,16-17H2,1-4H3. The average Bonchev–Trinajstić information content (AvgIpc) is 3.05. The number of piperazine rings is 1. The first-order chi connectivity index (χ1) is 14.4. The fourth-order valence-electron chi connectivity index (χ4n) is 3.97. The van der Waals surface area contributed by atoms with Crippen molar-refractivity contribution in [2.45, 2.75) is 34.2 Å². The highest BCUT2D eigenvalue weighted by atomic mass is 16.2. The van der Waals surface area contributed by atoms with E-state index in [4.69, 9.17) is 0 Å². The summed E-state index contributed by atoms with van der Waals surface area (Å²) in [6, 6.07) is 9.87. The van der Waals surface area contributed by atoms with Gasteiger partial charge in [0.05, 0.1) is 18.8 Å². The summed E-state index contributed by atoms with van der Waals surface area (Å²) in [5, 5.41) is 4.51. The van der Waals surface area contributed by atoms with Gasteiger partial charge in [-0.1, -0.05) is 12.1 Å². The van der Waals surface area contributed by atoms with Crippen molar-refractivity contribution in [2.24, 2.45) is 0 Å². The molecule has 1 fully saturated rings. The summed E-state index contributed by atoms with van der Waals surface area (Å²) in [6.07, 6.45) is 0. The van der Waals surface area contributed by atoms with Crippen LogP contribution in [0.2, 0.25) is 0 Å². The fourth-order valence-corrected chi connectivity index (χ4v) is 3.97. The summed E-state index contributed by atoms with van der Waals surface area (Å²) < 4.78 is 1.96. The molecule has 30 heavy (non-hydrogen) atoms. The van der Waals surface area contributed by atoms with E-state index in [-0.39, 0.29) is 11.8 Å². The van der Waals surface area contributed by atoms with Crippen LogP contribution in [0.4, 0.5) is 0 Å². The first kappa shape index (κ1) is 22.0. The van der Waals surface area contributed by atoms with Crippen LogP contribution >= 0.6 is 0 Å². The minimum Gasteiger partial charge on any atom is -0.342 e. The van der Waals surface area contributed by atoms with Gasteiger partial charge in [0.25, 0.3) is 5.91 Å². The number of carbonyl (C=O) groups is 2. The molecule has 1 aromatic heterocycles. The summed E-state index contributed by atoms with van der Waals surface area (Å²) in [7, 11) is 0. The highest BCUT2D eigenvalue weighted by Gasteiger charge is 2.24. The molecule has 0 aliphatic carbocycles. The Balaban J connectivity index is 1.57. The highest BCUT2D eigenvalue weighted by molar-refractivity contribution is 5.94. The Bertz CT molecular complexity index is 879. The van der Waals surface area contributed by atoms with Crippen LogP contribution in [0.15, 0.2) is 30.3 Å². The first-order valence-electron chi connectivity index (χ1n) is 10.8. The quantitative estimate of drug-likeness (QED) is 0.701. The number of rotatable bonds is 7. The third-order valence-corrected chi connectivity index (χ3v) is 5.74. The van der Waals surface area contributed by atoms with Crippen molar-refractivity contribution in [1.29, 1.82) is 0 Å². The van der Waals surface area contributed by atoms with Gasteiger partial charge in [0.2, 0.25) is 5.91 Å². The van der Waals surface area contributed by atoms with E-state index in [1.54, 1.807) is 0 Å². The third kappa shape index (κ3) is 5.27. The van der Waals surface area contributed by atoms with Gasteiger partial charge in [-0.2, -0.15) is 5.10 Å². The van der Waals surface area contributed by atoms with Crippen LogP contribution in [0.5, 0.6) is 0 Å². The van der Waals surface area contributed by atoms with Gasteiger partial charge in [-0.25, -0.2) is 0 Å². The van der Waals surface area contributed by atoms with Gasteiger partial charge in [0.1, 0.15) is 0 Å². The number of amides is 2. The number of aryl methyl sites for hydroxylation is 2. The highest BCUT2D eigenvalue weighted by Crippen LogP contribution is 2.13. The summed E-state index contributed by atoms with van der Waals surface area (Å²) >= 11 is 0. The van der Waals surface area contributed by atoms with Gasteiger partial charge in [-0.3, -0.25) is 19.2 Å². The maximum absolute atomic E-state index is 13.0. The van der Waals surface area contributed by atoms with E-state index in [1.165, 1.54) is 0 Å². The number of nitrogens with zero attached hydrogens (tertiary/aromatic N) is 5. The third-order valence-electron chi connectivity index (χ3n) is 5.74. The number of likely N-dealkylation sites (N-methyl/N-ethyl adjacent to an activating group) is 1. The molecule has 0 N–H and O–H groups in total. The molecule has 0 atom stereocenters. The van der Waals surface area contributed by atoms with Gasteiger partial charge in [-0.05, 0) is 51.5 Å². The zero-order valence-electron chi connectivity index (χ0n) is 18.6. The Morgan fingerprint density at radius 1 is 1.03 bits per heavy atom. The lowest BCUT2D eigenvalue weighted by Crippen LogP contribution is -2.51. The molecule has 1 saturated heterocycles. The van der Waals surface area contributed by atoms with Crippen LogP contribution in [-0.2, 0) is 11.3 Å². The van der Waals surface area contributed by atoms with Crippen molar-refractivity contribution in [3.63, 3.8) is 0 Å². The second-order valence-electron chi connectivity index (χ2n) is 7.92. The van der Waals surface area contributed by atoms with Crippen LogP contribution in [0, 0.1) is 13.8 Å². The Morgan fingerprint density at radius 3 is 2.33 bits per heavy atom. The number of hydrogen-bond acceptors (Lipinski definition) is 4. The van der Waals surface area contributed by atoms with Crippen LogP contribution in [-0.4, -0.2) is 82.1 Å². The second kappa shape index (κ2) is 9.89. The van der Waals surface area contributed by atoms with Crippen LogP contribution in [0.3, 0.4) is 0 Å². The van der Waals surface area contributed by atoms with Crippen molar-refractivity contribution in [1.82, 2.24) is 24.5 Å². The minimum absolute atomic E-state index is 0.0555. The minimum atomic E-state index is 0.0555. The molecule has 2 aromatic rings. The number of carbonyl (C=O) groups excluding carboxylic acids is 2. The molecule has 0 bridgehead atoms. The van der Waals surface area contributed by atoms with Gasteiger partial charge >= 0.3 is 0 Å². The van der Waals surface area contributed by atoms with Crippen molar-refractivity contribution in [3.05, 3.63) is 52.8 Å². The molecule has 1 aliphatic heterocycles. The Hall–Kier alpha value is -2.67. The average molecular weight is 412 g/mol. The van der Waals surface area contributed by atoms with Crippen molar-refractivity contribution >= 4 is 11.8 Å². The van der Waals surface area contributed by atoms with Crippen molar-refractivity contribution in [3.8, 4) is 0 Å². The molecule has 162 valence electrons. The predicted octanol–water partition coefficient (Wildman–Crippen LogP) is 2.17. The van der Waals surface area contributed by atoms with Crippen LogP contribution < -0.4 is 0 Å². The van der Waals surface area contributed by atoms with Gasteiger partial charge < -0.3 is 9.80 Å². The Kier molecular flexibility index (Phi) is 7.26. The van der Waals surface area contributed by atoms with Gasteiger partial charge in [0, 0.05) is 50.5 Å². The summed E-state index contributed by atoms with van der Waals surface area (Å²) in [6.45, 7) is 13.3. The van der Waals surface area contributed by atoms with E-state index < -0.39 is 0 Å². The molecular formula is C23H33N5O2. The number of aromatic nitrogens is 2.